The maximum absolute atomic E-state index is 13.6. The zero-order valence-electron chi connectivity index (χ0n) is 9.48. The molecule has 0 aromatic heterocycles. The fourth-order valence-corrected chi connectivity index (χ4v) is 2.65. The molecule has 0 saturated carbocycles. The molecule has 0 fully saturated rings. The fourth-order valence-electron chi connectivity index (χ4n) is 1.51. The molecule has 0 spiro atoms. The van der Waals surface area contributed by atoms with Crippen molar-refractivity contribution in [2.45, 2.75) is 6.54 Å². The third-order valence-electron chi connectivity index (χ3n) is 2.49. The minimum atomic E-state index is -0.515. The molecule has 100 valence electrons. The van der Waals surface area contributed by atoms with Crippen LogP contribution in [-0.4, -0.2) is 0 Å². The Morgan fingerprint density at radius 1 is 1.00 bits per heavy atom. The van der Waals surface area contributed by atoms with Crippen LogP contribution in [0, 0.1) is 11.6 Å². The van der Waals surface area contributed by atoms with E-state index in [9.17, 15) is 8.78 Å². The van der Waals surface area contributed by atoms with Crippen molar-refractivity contribution in [3.63, 3.8) is 0 Å². The summed E-state index contributed by atoms with van der Waals surface area (Å²) < 4.78 is 27.9. The van der Waals surface area contributed by atoms with Gasteiger partial charge in [-0.15, -0.1) is 0 Å². The highest BCUT2D eigenvalue weighted by atomic mass is 79.9. The van der Waals surface area contributed by atoms with Gasteiger partial charge in [0.25, 0.3) is 0 Å². The van der Waals surface area contributed by atoms with E-state index in [-0.39, 0.29) is 10.2 Å². The summed E-state index contributed by atoms with van der Waals surface area (Å²) in [6.07, 6.45) is 0. The van der Waals surface area contributed by atoms with Crippen molar-refractivity contribution < 1.29 is 8.78 Å². The molecule has 1 nitrogen and oxygen atoms in total. The van der Waals surface area contributed by atoms with Gasteiger partial charge in [-0.05, 0) is 39.7 Å². The summed E-state index contributed by atoms with van der Waals surface area (Å²) in [6.45, 7) is 0.357. The number of rotatable bonds is 3. The van der Waals surface area contributed by atoms with Crippen LogP contribution in [0.2, 0.25) is 5.02 Å². The SMILES string of the molecule is Fc1cc(NCc2ccc(Cl)cc2Br)c(F)cc1Br. The van der Waals surface area contributed by atoms with Gasteiger partial charge in [0.2, 0.25) is 0 Å². The molecule has 0 heterocycles. The van der Waals surface area contributed by atoms with Crippen molar-refractivity contribution in [3.8, 4) is 0 Å². The fraction of sp³-hybridized carbons (Fsp3) is 0.0769. The van der Waals surface area contributed by atoms with Crippen molar-refractivity contribution in [2.75, 3.05) is 5.32 Å². The molecule has 1 N–H and O–H groups in total. The lowest BCUT2D eigenvalue weighted by atomic mass is 10.2. The van der Waals surface area contributed by atoms with Crippen molar-refractivity contribution >= 4 is 49.1 Å². The normalized spacial score (nSPS) is 10.6. The quantitative estimate of drug-likeness (QED) is 0.634. The predicted molar refractivity (Wildman–Crippen MR) is 80.5 cm³/mol. The molecule has 0 amide bonds. The van der Waals surface area contributed by atoms with Crippen LogP contribution in [0.4, 0.5) is 14.5 Å². The lowest BCUT2D eigenvalue weighted by molar-refractivity contribution is 0.596. The molecule has 0 bridgehead atoms. The average Bonchev–Trinajstić information content (AvgIpc) is 2.34. The van der Waals surface area contributed by atoms with Gasteiger partial charge >= 0.3 is 0 Å². The van der Waals surface area contributed by atoms with E-state index in [1.807, 2.05) is 6.07 Å². The number of benzene rings is 2. The molecule has 0 atom stereocenters. The summed E-state index contributed by atoms with van der Waals surface area (Å²) in [4.78, 5) is 0. The van der Waals surface area contributed by atoms with Crippen molar-refractivity contribution in [1.82, 2.24) is 0 Å². The largest absolute Gasteiger partial charge is 0.378 e. The lowest BCUT2D eigenvalue weighted by Gasteiger charge is -2.10. The maximum atomic E-state index is 13.6. The summed E-state index contributed by atoms with van der Waals surface area (Å²) >= 11 is 12.1. The van der Waals surface area contributed by atoms with Crippen molar-refractivity contribution in [1.29, 1.82) is 0 Å². The summed E-state index contributed by atoms with van der Waals surface area (Å²) in [7, 11) is 0. The molecule has 0 aliphatic heterocycles. The number of halogens is 5. The zero-order valence-corrected chi connectivity index (χ0v) is 13.4. The number of anilines is 1. The van der Waals surface area contributed by atoms with Crippen LogP contribution in [0.5, 0.6) is 0 Å². The van der Waals surface area contributed by atoms with Crippen LogP contribution in [0.25, 0.3) is 0 Å². The number of hydrogen-bond acceptors (Lipinski definition) is 1. The lowest BCUT2D eigenvalue weighted by Crippen LogP contribution is -2.03. The molecule has 0 radical (unpaired) electrons. The van der Waals surface area contributed by atoms with Crippen LogP contribution < -0.4 is 5.32 Å². The first-order chi connectivity index (χ1) is 8.97. The molecule has 0 saturated heterocycles. The van der Waals surface area contributed by atoms with Gasteiger partial charge in [-0.25, -0.2) is 8.78 Å². The molecular weight excluding hydrogens is 403 g/mol. The Morgan fingerprint density at radius 3 is 2.42 bits per heavy atom. The third kappa shape index (κ3) is 3.68. The summed E-state index contributed by atoms with van der Waals surface area (Å²) in [5, 5.41) is 3.46. The van der Waals surface area contributed by atoms with E-state index < -0.39 is 11.6 Å². The summed E-state index contributed by atoms with van der Waals surface area (Å²) in [5.41, 5.74) is 1.01. The van der Waals surface area contributed by atoms with E-state index in [1.165, 1.54) is 0 Å². The van der Waals surface area contributed by atoms with Gasteiger partial charge in [-0.3, -0.25) is 0 Å². The molecule has 0 unspecified atom stereocenters. The van der Waals surface area contributed by atoms with Crippen molar-refractivity contribution in [2.24, 2.45) is 0 Å². The average molecular weight is 411 g/mol. The molecular formula is C13H8Br2ClF2N. The summed E-state index contributed by atoms with van der Waals surface area (Å²) in [6, 6.07) is 7.50. The van der Waals surface area contributed by atoms with Crippen LogP contribution in [0.15, 0.2) is 39.3 Å². The number of nitrogens with one attached hydrogen (secondary N) is 1. The van der Waals surface area contributed by atoms with Crippen molar-refractivity contribution in [3.05, 3.63) is 61.5 Å². The standard InChI is InChI=1S/C13H8Br2ClF2N/c14-9-3-8(16)2-1-7(9)6-19-13-5-11(17)10(15)4-12(13)18/h1-5,19H,6H2. The third-order valence-corrected chi connectivity index (χ3v) is 4.08. The van der Waals surface area contributed by atoms with E-state index in [4.69, 9.17) is 11.6 Å². The molecule has 6 heteroatoms. The molecule has 2 aromatic rings. The van der Waals surface area contributed by atoms with Gasteiger partial charge in [-0.2, -0.15) is 0 Å². The first-order valence-corrected chi connectivity index (χ1v) is 7.26. The Hall–Kier alpha value is -0.650. The highest BCUT2D eigenvalue weighted by Crippen LogP contribution is 2.26. The summed E-state index contributed by atoms with van der Waals surface area (Å²) in [5.74, 6) is -1.03. The van der Waals surface area contributed by atoms with E-state index in [0.29, 0.717) is 11.6 Å². The molecule has 0 aliphatic carbocycles. The Kier molecular flexibility index (Phi) is 4.81. The van der Waals surface area contributed by atoms with Crippen LogP contribution in [0.1, 0.15) is 5.56 Å². The van der Waals surface area contributed by atoms with Gasteiger partial charge in [0, 0.05) is 22.1 Å². The van der Waals surface area contributed by atoms with E-state index in [2.05, 4.69) is 37.2 Å². The topological polar surface area (TPSA) is 12.0 Å². The molecule has 2 rings (SSSR count). The molecule has 19 heavy (non-hydrogen) atoms. The van der Waals surface area contributed by atoms with Crippen LogP contribution >= 0.6 is 43.5 Å². The second-order valence-electron chi connectivity index (χ2n) is 3.84. The second-order valence-corrected chi connectivity index (χ2v) is 5.98. The first kappa shape index (κ1) is 14.8. The van der Waals surface area contributed by atoms with Gasteiger partial charge in [0.05, 0.1) is 10.2 Å². The Labute approximate surface area is 131 Å². The smallest absolute Gasteiger partial charge is 0.147 e. The highest BCUT2D eigenvalue weighted by molar-refractivity contribution is 9.10. The Bertz CT molecular complexity index is 620. The predicted octanol–water partition coefficient (Wildman–Crippen LogP) is 5.76. The first-order valence-electron chi connectivity index (χ1n) is 5.29. The van der Waals surface area contributed by atoms with E-state index in [1.54, 1.807) is 12.1 Å². The second kappa shape index (κ2) is 6.20. The maximum Gasteiger partial charge on any atom is 0.147 e. The molecule has 2 aromatic carbocycles. The highest BCUT2D eigenvalue weighted by Gasteiger charge is 2.08. The minimum Gasteiger partial charge on any atom is -0.378 e. The van der Waals surface area contributed by atoms with Crippen LogP contribution in [0.3, 0.4) is 0 Å². The van der Waals surface area contributed by atoms with Gasteiger partial charge < -0.3 is 5.32 Å². The Morgan fingerprint density at radius 2 is 1.74 bits per heavy atom. The Balaban J connectivity index is 2.16. The van der Waals surface area contributed by atoms with Crippen LogP contribution in [-0.2, 0) is 6.54 Å². The number of hydrogen-bond donors (Lipinski definition) is 1. The van der Waals surface area contributed by atoms with Gasteiger partial charge in [-0.1, -0.05) is 33.6 Å². The minimum absolute atomic E-state index is 0.100. The van der Waals surface area contributed by atoms with E-state index >= 15 is 0 Å². The van der Waals surface area contributed by atoms with Gasteiger partial charge in [0.1, 0.15) is 11.6 Å². The molecule has 0 aliphatic rings. The monoisotopic (exact) mass is 409 g/mol. The van der Waals surface area contributed by atoms with Gasteiger partial charge in [0.15, 0.2) is 0 Å². The van der Waals surface area contributed by atoms with E-state index in [0.717, 1.165) is 22.2 Å². The zero-order chi connectivity index (χ0) is 14.0.